The van der Waals surface area contributed by atoms with Crippen molar-refractivity contribution >= 4 is 5.91 Å². The molecule has 2 rings (SSSR count). The fourth-order valence-electron chi connectivity index (χ4n) is 2.71. The predicted octanol–water partition coefficient (Wildman–Crippen LogP) is 2.31. The zero-order chi connectivity index (χ0) is 13.6. The fraction of sp³-hybridized carbons (Fsp3) is 0.533. The highest BCUT2D eigenvalue weighted by Gasteiger charge is 2.64. The first-order chi connectivity index (χ1) is 8.26. The van der Waals surface area contributed by atoms with Crippen LogP contribution in [-0.4, -0.2) is 11.9 Å². The standard InChI is InChI=1S/C15H22N2O/c1-14(2)13(15(14,3)4)17-9-10-5-7-11(8-6-10)12(16)18/h5-8,13,17H,9H2,1-4H3,(H2,16,18). The molecule has 18 heavy (non-hydrogen) atoms. The van der Waals surface area contributed by atoms with Gasteiger partial charge in [-0.3, -0.25) is 4.79 Å². The maximum Gasteiger partial charge on any atom is 0.248 e. The van der Waals surface area contributed by atoms with Crippen molar-refractivity contribution < 1.29 is 4.79 Å². The number of primary amides is 1. The molecule has 1 amide bonds. The molecule has 3 nitrogen and oxygen atoms in total. The van der Waals surface area contributed by atoms with Gasteiger partial charge in [0.2, 0.25) is 5.91 Å². The van der Waals surface area contributed by atoms with Gasteiger partial charge < -0.3 is 11.1 Å². The lowest BCUT2D eigenvalue weighted by atomic mass is 10.0. The first-order valence-electron chi connectivity index (χ1n) is 6.39. The highest BCUT2D eigenvalue weighted by Crippen LogP contribution is 2.62. The van der Waals surface area contributed by atoms with Crippen LogP contribution in [-0.2, 0) is 6.54 Å². The summed E-state index contributed by atoms with van der Waals surface area (Å²) in [6, 6.07) is 8.01. The van der Waals surface area contributed by atoms with Crippen LogP contribution in [0.5, 0.6) is 0 Å². The Morgan fingerprint density at radius 2 is 1.67 bits per heavy atom. The van der Waals surface area contributed by atoms with Crippen molar-refractivity contribution in [2.75, 3.05) is 0 Å². The van der Waals surface area contributed by atoms with E-state index in [9.17, 15) is 4.79 Å². The Labute approximate surface area is 109 Å². The lowest BCUT2D eigenvalue weighted by Gasteiger charge is -2.07. The van der Waals surface area contributed by atoms with E-state index in [2.05, 4.69) is 33.0 Å². The third-order valence-corrected chi connectivity index (χ3v) is 4.77. The summed E-state index contributed by atoms with van der Waals surface area (Å²) in [6.45, 7) is 10.00. The molecule has 1 saturated carbocycles. The summed E-state index contributed by atoms with van der Waals surface area (Å²) in [4.78, 5) is 11.0. The van der Waals surface area contributed by atoms with Crippen LogP contribution in [0.25, 0.3) is 0 Å². The van der Waals surface area contributed by atoms with Gasteiger partial charge in [0, 0.05) is 18.2 Å². The van der Waals surface area contributed by atoms with Gasteiger partial charge in [-0.15, -0.1) is 0 Å². The second-order valence-corrected chi connectivity index (χ2v) is 6.32. The molecule has 0 atom stereocenters. The van der Waals surface area contributed by atoms with E-state index >= 15 is 0 Å². The van der Waals surface area contributed by atoms with Crippen LogP contribution < -0.4 is 11.1 Å². The summed E-state index contributed by atoms with van der Waals surface area (Å²) < 4.78 is 0. The second-order valence-electron chi connectivity index (χ2n) is 6.32. The first-order valence-corrected chi connectivity index (χ1v) is 6.39. The van der Waals surface area contributed by atoms with E-state index < -0.39 is 0 Å². The van der Waals surface area contributed by atoms with Gasteiger partial charge in [-0.05, 0) is 28.5 Å². The molecule has 1 fully saturated rings. The smallest absolute Gasteiger partial charge is 0.248 e. The first kappa shape index (κ1) is 13.1. The van der Waals surface area contributed by atoms with Crippen molar-refractivity contribution in [3.8, 4) is 0 Å². The molecule has 3 heteroatoms. The monoisotopic (exact) mass is 246 g/mol. The Morgan fingerprint density at radius 3 is 2.06 bits per heavy atom. The zero-order valence-electron chi connectivity index (χ0n) is 11.6. The van der Waals surface area contributed by atoms with E-state index in [4.69, 9.17) is 5.73 Å². The van der Waals surface area contributed by atoms with Crippen LogP contribution in [0.3, 0.4) is 0 Å². The molecular formula is C15H22N2O. The Bertz CT molecular complexity index is 446. The molecule has 3 N–H and O–H groups in total. The van der Waals surface area contributed by atoms with Crippen LogP contribution >= 0.6 is 0 Å². The molecule has 1 aliphatic carbocycles. The molecule has 0 unspecified atom stereocenters. The fourth-order valence-corrected chi connectivity index (χ4v) is 2.71. The van der Waals surface area contributed by atoms with Gasteiger partial charge in [-0.2, -0.15) is 0 Å². The molecular weight excluding hydrogens is 224 g/mol. The number of nitrogens with one attached hydrogen (secondary N) is 1. The average molecular weight is 246 g/mol. The van der Waals surface area contributed by atoms with Crippen molar-refractivity contribution in [2.24, 2.45) is 16.6 Å². The largest absolute Gasteiger partial charge is 0.366 e. The molecule has 1 aromatic carbocycles. The second kappa shape index (κ2) is 4.09. The van der Waals surface area contributed by atoms with Crippen molar-refractivity contribution in [1.82, 2.24) is 5.32 Å². The van der Waals surface area contributed by atoms with Gasteiger partial charge in [0.05, 0.1) is 0 Å². The highest BCUT2D eigenvalue weighted by atomic mass is 16.1. The topological polar surface area (TPSA) is 55.1 Å². The van der Waals surface area contributed by atoms with Gasteiger partial charge in [-0.1, -0.05) is 39.8 Å². The van der Waals surface area contributed by atoms with E-state index in [0.717, 1.165) is 6.54 Å². The van der Waals surface area contributed by atoms with Crippen LogP contribution in [0, 0.1) is 10.8 Å². The number of hydrogen-bond donors (Lipinski definition) is 2. The van der Waals surface area contributed by atoms with Gasteiger partial charge in [0.1, 0.15) is 0 Å². The molecule has 0 radical (unpaired) electrons. The number of carbonyl (C=O) groups is 1. The maximum absolute atomic E-state index is 11.0. The average Bonchev–Trinajstić information content (AvgIpc) is 2.67. The number of nitrogens with two attached hydrogens (primary N) is 1. The maximum atomic E-state index is 11.0. The van der Waals surface area contributed by atoms with Crippen molar-refractivity contribution in [3.63, 3.8) is 0 Å². The molecule has 0 aromatic heterocycles. The van der Waals surface area contributed by atoms with E-state index in [-0.39, 0.29) is 5.91 Å². The van der Waals surface area contributed by atoms with Crippen LogP contribution in [0.2, 0.25) is 0 Å². The Balaban J connectivity index is 1.94. The normalized spacial score (nSPS) is 20.7. The molecule has 0 bridgehead atoms. The molecule has 1 aliphatic rings. The van der Waals surface area contributed by atoms with Crippen molar-refractivity contribution in [2.45, 2.75) is 40.3 Å². The van der Waals surface area contributed by atoms with Gasteiger partial charge >= 0.3 is 0 Å². The highest BCUT2D eigenvalue weighted by molar-refractivity contribution is 5.92. The quantitative estimate of drug-likeness (QED) is 0.856. The molecule has 0 spiro atoms. The lowest BCUT2D eigenvalue weighted by molar-refractivity contribution is 0.100. The zero-order valence-corrected chi connectivity index (χ0v) is 11.6. The summed E-state index contributed by atoms with van der Waals surface area (Å²) in [7, 11) is 0. The Morgan fingerprint density at radius 1 is 1.17 bits per heavy atom. The lowest BCUT2D eigenvalue weighted by Crippen LogP contribution is -2.21. The predicted molar refractivity (Wildman–Crippen MR) is 73.1 cm³/mol. The summed E-state index contributed by atoms with van der Waals surface area (Å²) in [5.41, 5.74) is 7.65. The van der Waals surface area contributed by atoms with Crippen LogP contribution in [0.4, 0.5) is 0 Å². The van der Waals surface area contributed by atoms with E-state index in [0.29, 0.717) is 22.4 Å². The van der Waals surface area contributed by atoms with E-state index in [1.54, 1.807) is 12.1 Å². The van der Waals surface area contributed by atoms with E-state index in [1.807, 2.05) is 12.1 Å². The molecule has 0 aliphatic heterocycles. The summed E-state index contributed by atoms with van der Waals surface area (Å²) in [5.74, 6) is -0.376. The summed E-state index contributed by atoms with van der Waals surface area (Å²) >= 11 is 0. The number of carbonyl (C=O) groups excluding carboxylic acids is 1. The van der Waals surface area contributed by atoms with Gasteiger partial charge in [0.25, 0.3) is 0 Å². The summed E-state index contributed by atoms with van der Waals surface area (Å²) in [5, 5.41) is 3.59. The minimum Gasteiger partial charge on any atom is -0.366 e. The van der Waals surface area contributed by atoms with Gasteiger partial charge in [0.15, 0.2) is 0 Å². The minimum absolute atomic E-state index is 0.347. The van der Waals surface area contributed by atoms with Gasteiger partial charge in [-0.25, -0.2) is 0 Å². The molecule has 0 heterocycles. The number of benzene rings is 1. The van der Waals surface area contributed by atoms with Crippen molar-refractivity contribution in [3.05, 3.63) is 35.4 Å². The summed E-state index contributed by atoms with van der Waals surface area (Å²) in [6.07, 6.45) is 0. The minimum atomic E-state index is -0.376. The Hall–Kier alpha value is -1.35. The van der Waals surface area contributed by atoms with Crippen molar-refractivity contribution in [1.29, 1.82) is 0 Å². The van der Waals surface area contributed by atoms with E-state index in [1.165, 1.54) is 5.56 Å². The van der Waals surface area contributed by atoms with Crippen LogP contribution in [0.1, 0.15) is 43.6 Å². The molecule has 0 saturated heterocycles. The molecule has 1 aromatic rings. The molecule has 98 valence electrons. The number of rotatable bonds is 4. The SMILES string of the molecule is CC1(C)C(NCc2ccc(C(N)=O)cc2)C1(C)C. The number of hydrogen-bond acceptors (Lipinski definition) is 2. The Kier molecular flexibility index (Phi) is 2.98. The third kappa shape index (κ3) is 2.03. The third-order valence-electron chi connectivity index (χ3n) is 4.77. The van der Waals surface area contributed by atoms with Crippen LogP contribution in [0.15, 0.2) is 24.3 Å². The number of amides is 1.